The highest BCUT2D eigenvalue weighted by Crippen LogP contribution is 2.08. The van der Waals surface area contributed by atoms with Gasteiger partial charge in [-0.1, -0.05) is 27.7 Å². The van der Waals surface area contributed by atoms with Crippen molar-refractivity contribution >= 4 is 5.95 Å². The van der Waals surface area contributed by atoms with Crippen LogP contribution in [-0.2, 0) is 4.74 Å². The van der Waals surface area contributed by atoms with E-state index in [1.165, 1.54) is 0 Å². The van der Waals surface area contributed by atoms with Crippen molar-refractivity contribution in [2.75, 3.05) is 51.3 Å². The number of nitrogens with zero attached hydrogens (tertiary/aromatic N) is 4. The summed E-state index contributed by atoms with van der Waals surface area (Å²) in [6.07, 6.45) is 3.58. The highest BCUT2D eigenvalue weighted by molar-refractivity contribution is 5.29. The van der Waals surface area contributed by atoms with E-state index in [4.69, 9.17) is 4.74 Å². The topological polar surface area (TPSA) is 41.5 Å². The SMILES string of the molecule is CC.CC.COCCN1CCN(c2ncccn2)CC1. The van der Waals surface area contributed by atoms with Crippen LogP contribution in [0.15, 0.2) is 18.5 Å². The fourth-order valence-electron chi connectivity index (χ4n) is 1.85. The van der Waals surface area contributed by atoms with Gasteiger partial charge in [-0.05, 0) is 6.07 Å². The summed E-state index contributed by atoms with van der Waals surface area (Å²) < 4.78 is 5.08. The van der Waals surface area contributed by atoms with Gasteiger partial charge in [0.2, 0.25) is 5.95 Å². The molecule has 0 unspecified atom stereocenters. The molecule has 0 N–H and O–H groups in total. The van der Waals surface area contributed by atoms with Gasteiger partial charge in [0.25, 0.3) is 0 Å². The number of hydrogen-bond donors (Lipinski definition) is 0. The molecule has 0 amide bonds. The molecule has 0 atom stereocenters. The van der Waals surface area contributed by atoms with E-state index in [1.54, 1.807) is 19.5 Å². The maximum Gasteiger partial charge on any atom is 0.225 e. The first-order chi connectivity index (χ1) is 9.90. The third-order valence-corrected chi connectivity index (χ3v) is 2.82. The van der Waals surface area contributed by atoms with Crippen LogP contribution in [0.2, 0.25) is 0 Å². The van der Waals surface area contributed by atoms with E-state index >= 15 is 0 Å². The Hall–Kier alpha value is -1.20. The second-order valence-corrected chi connectivity index (χ2v) is 3.87. The first-order valence-electron chi connectivity index (χ1n) is 7.63. The van der Waals surface area contributed by atoms with Crippen molar-refractivity contribution < 1.29 is 4.74 Å². The van der Waals surface area contributed by atoms with Crippen molar-refractivity contribution in [1.29, 1.82) is 0 Å². The van der Waals surface area contributed by atoms with E-state index in [0.29, 0.717) is 0 Å². The van der Waals surface area contributed by atoms with Crippen molar-refractivity contribution in [3.8, 4) is 0 Å². The molecule has 116 valence electrons. The zero-order valence-corrected chi connectivity index (χ0v) is 13.7. The Morgan fingerprint density at radius 1 is 1.00 bits per heavy atom. The van der Waals surface area contributed by atoms with Gasteiger partial charge in [0.15, 0.2) is 0 Å². The number of methoxy groups -OCH3 is 1. The van der Waals surface area contributed by atoms with Crippen LogP contribution in [-0.4, -0.2) is 61.3 Å². The predicted molar refractivity (Wildman–Crippen MR) is 85.3 cm³/mol. The van der Waals surface area contributed by atoms with E-state index in [0.717, 1.165) is 45.3 Å². The van der Waals surface area contributed by atoms with Crippen molar-refractivity contribution in [3.05, 3.63) is 18.5 Å². The van der Waals surface area contributed by atoms with Gasteiger partial charge in [-0.3, -0.25) is 4.90 Å². The molecule has 1 saturated heterocycles. The van der Waals surface area contributed by atoms with Gasteiger partial charge in [0, 0.05) is 52.2 Å². The molecule has 0 bridgehead atoms. The van der Waals surface area contributed by atoms with Crippen LogP contribution in [0, 0.1) is 0 Å². The largest absolute Gasteiger partial charge is 0.383 e. The molecule has 5 heteroatoms. The molecule has 2 rings (SSSR count). The molecule has 0 radical (unpaired) electrons. The van der Waals surface area contributed by atoms with Crippen LogP contribution < -0.4 is 4.90 Å². The van der Waals surface area contributed by atoms with Crippen LogP contribution in [0.5, 0.6) is 0 Å². The quantitative estimate of drug-likeness (QED) is 0.847. The van der Waals surface area contributed by atoms with Gasteiger partial charge in [-0.25, -0.2) is 9.97 Å². The molecular formula is C15H30N4O. The number of rotatable bonds is 4. The minimum Gasteiger partial charge on any atom is -0.383 e. The predicted octanol–water partition coefficient (Wildman–Crippen LogP) is 2.30. The maximum atomic E-state index is 5.08. The van der Waals surface area contributed by atoms with Gasteiger partial charge in [0.1, 0.15) is 0 Å². The minimum atomic E-state index is 0.807. The molecule has 5 nitrogen and oxygen atoms in total. The Bertz CT molecular complexity index is 300. The Kier molecular flexibility index (Phi) is 12.0. The van der Waals surface area contributed by atoms with Crippen LogP contribution in [0.3, 0.4) is 0 Å². The summed E-state index contributed by atoms with van der Waals surface area (Å²) in [6.45, 7) is 13.9. The number of piperazine rings is 1. The molecule has 1 aliphatic rings. The molecule has 20 heavy (non-hydrogen) atoms. The Morgan fingerprint density at radius 2 is 1.55 bits per heavy atom. The van der Waals surface area contributed by atoms with E-state index in [2.05, 4.69) is 19.8 Å². The molecule has 0 saturated carbocycles. The number of aromatic nitrogens is 2. The lowest BCUT2D eigenvalue weighted by Gasteiger charge is -2.34. The highest BCUT2D eigenvalue weighted by atomic mass is 16.5. The van der Waals surface area contributed by atoms with E-state index in [1.807, 2.05) is 33.8 Å². The average molecular weight is 282 g/mol. The van der Waals surface area contributed by atoms with Crippen molar-refractivity contribution in [2.45, 2.75) is 27.7 Å². The lowest BCUT2D eigenvalue weighted by atomic mass is 10.3. The summed E-state index contributed by atoms with van der Waals surface area (Å²) in [5.74, 6) is 0.842. The van der Waals surface area contributed by atoms with Gasteiger partial charge in [-0.15, -0.1) is 0 Å². The normalized spacial score (nSPS) is 14.8. The molecule has 0 spiro atoms. The Labute approximate surface area is 124 Å². The van der Waals surface area contributed by atoms with Crippen molar-refractivity contribution in [2.24, 2.45) is 0 Å². The number of hydrogen-bond acceptors (Lipinski definition) is 5. The second kappa shape index (κ2) is 12.8. The van der Waals surface area contributed by atoms with Crippen LogP contribution in [0.4, 0.5) is 5.95 Å². The molecule has 0 aliphatic carbocycles. The van der Waals surface area contributed by atoms with E-state index < -0.39 is 0 Å². The fourth-order valence-corrected chi connectivity index (χ4v) is 1.85. The Morgan fingerprint density at radius 3 is 2.05 bits per heavy atom. The molecule has 1 aliphatic heterocycles. The van der Waals surface area contributed by atoms with Gasteiger partial charge in [0.05, 0.1) is 6.61 Å². The molecule has 1 fully saturated rings. The summed E-state index contributed by atoms with van der Waals surface area (Å²) in [4.78, 5) is 13.2. The standard InChI is InChI=1S/C11H18N4O.2C2H6/c1-16-10-9-14-5-7-15(8-6-14)11-12-3-2-4-13-11;2*1-2/h2-4H,5-10H2,1H3;2*1-2H3. The molecule has 2 heterocycles. The highest BCUT2D eigenvalue weighted by Gasteiger charge is 2.17. The number of ether oxygens (including phenoxy) is 1. The van der Waals surface area contributed by atoms with E-state index in [9.17, 15) is 0 Å². The summed E-state index contributed by atoms with van der Waals surface area (Å²) in [5, 5.41) is 0. The molecular weight excluding hydrogens is 252 g/mol. The molecule has 1 aromatic heterocycles. The van der Waals surface area contributed by atoms with Gasteiger partial charge < -0.3 is 9.64 Å². The number of anilines is 1. The zero-order valence-electron chi connectivity index (χ0n) is 13.7. The maximum absolute atomic E-state index is 5.08. The zero-order chi connectivity index (χ0) is 15.2. The summed E-state index contributed by atoms with van der Waals surface area (Å²) in [5.41, 5.74) is 0. The summed E-state index contributed by atoms with van der Waals surface area (Å²) in [6, 6.07) is 1.85. The van der Waals surface area contributed by atoms with Crippen LogP contribution in [0.1, 0.15) is 27.7 Å². The first-order valence-corrected chi connectivity index (χ1v) is 7.63. The van der Waals surface area contributed by atoms with Crippen molar-refractivity contribution in [3.63, 3.8) is 0 Å². The lowest BCUT2D eigenvalue weighted by molar-refractivity contribution is 0.143. The Balaban J connectivity index is 0.000000829. The molecule has 0 aromatic carbocycles. The summed E-state index contributed by atoms with van der Waals surface area (Å²) >= 11 is 0. The first kappa shape index (κ1) is 18.8. The summed E-state index contributed by atoms with van der Waals surface area (Å²) in [7, 11) is 1.74. The van der Waals surface area contributed by atoms with Gasteiger partial charge in [-0.2, -0.15) is 0 Å². The monoisotopic (exact) mass is 282 g/mol. The third kappa shape index (κ3) is 6.82. The van der Waals surface area contributed by atoms with Crippen LogP contribution >= 0.6 is 0 Å². The van der Waals surface area contributed by atoms with Gasteiger partial charge >= 0.3 is 0 Å². The smallest absolute Gasteiger partial charge is 0.225 e. The molecule has 1 aromatic rings. The average Bonchev–Trinajstić information content (AvgIpc) is 2.58. The minimum absolute atomic E-state index is 0.807. The lowest BCUT2D eigenvalue weighted by Crippen LogP contribution is -2.47. The van der Waals surface area contributed by atoms with Crippen LogP contribution in [0.25, 0.3) is 0 Å². The van der Waals surface area contributed by atoms with Crippen molar-refractivity contribution in [1.82, 2.24) is 14.9 Å². The third-order valence-electron chi connectivity index (χ3n) is 2.82. The fraction of sp³-hybridized carbons (Fsp3) is 0.733. The van der Waals surface area contributed by atoms with E-state index in [-0.39, 0.29) is 0 Å². The second-order valence-electron chi connectivity index (χ2n) is 3.87.